The van der Waals surface area contributed by atoms with E-state index in [2.05, 4.69) is 4.98 Å². The zero-order valence-electron chi connectivity index (χ0n) is 12.6. The minimum absolute atomic E-state index is 0.0329. The van der Waals surface area contributed by atoms with Crippen molar-refractivity contribution in [3.05, 3.63) is 71.6 Å². The molecule has 1 aromatic carbocycles. The number of rotatable bonds is 3. The number of carbonyl (C=O) groups excluding carboxylic acids is 2. The highest BCUT2D eigenvalue weighted by Crippen LogP contribution is 2.38. The second-order valence-electron chi connectivity index (χ2n) is 5.24. The second kappa shape index (κ2) is 6.34. The van der Waals surface area contributed by atoms with E-state index in [0.29, 0.717) is 11.1 Å². The Morgan fingerprint density at radius 1 is 1.21 bits per heavy atom. The Labute approximate surface area is 138 Å². The number of nitriles is 1. The molecule has 24 heavy (non-hydrogen) atoms. The molecule has 1 N–H and O–H groups in total. The van der Waals surface area contributed by atoms with Gasteiger partial charge in [-0.25, -0.2) is 0 Å². The smallest absolute Gasteiger partial charge is 0.296 e. The second-order valence-corrected chi connectivity index (χ2v) is 5.24. The number of carbonyl (C=O) groups is 2. The SMILES string of the molecule is N#CCN1C(=O)C(=O)C(=C(O)c2ccccc2)[C@H]1c1cccnc1. The molecule has 1 saturated heterocycles. The van der Waals surface area contributed by atoms with Gasteiger partial charge in [-0.05, 0) is 11.6 Å². The Balaban J connectivity index is 2.20. The molecule has 0 spiro atoms. The van der Waals surface area contributed by atoms with Crippen LogP contribution < -0.4 is 0 Å². The third-order valence-electron chi connectivity index (χ3n) is 3.83. The van der Waals surface area contributed by atoms with Gasteiger partial charge < -0.3 is 10.0 Å². The Kier molecular flexibility index (Phi) is 4.08. The number of Topliss-reactive ketones (excluding diaryl/α,β-unsaturated/α-hetero) is 1. The molecule has 0 unspecified atom stereocenters. The van der Waals surface area contributed by atoms with E-state index < -0.39 is 17.7 Å². The standard InChI is InChI=1S/C18H13N3O3/c19-8-10-21-15(13-7-4-9-20-11-13)14(17(23)18(21)24)16(22)12-5-2-1-3-6-12/h1-7,9,11,15,22H,10H2/t15-/m1/s1. The predicted molar refractivity (Wildman–Crippen MR) is 85.3 cm³/mol. The first kappa shape index (κ1) is 15.4. The summed E-state index contributed by atoms with van der Waals surface area (Å²) in [6.07, 6.45) is 3.08. The van der Waals surface area contributed by atoms with Gasteiger partial charge in [0.25, 0.3) is 11.7 Å². The monoisotopic (exact) mass is 319 g/mol. The fraction of sp³-hybridized carbons (Fsp3) is 0.111. The molecular formula is C18H13N3O3. The number of hydrogen-bond donors (Lipinski definition) is 1. The van der Waals surface area contributed by atoms with Gasteiger partial charge in [0.1, 0.15) is 12.3 Å². The van der Waals surface area contributed by atoms with E-state index in [-0.39, 0.29) is 17.9 Å². The van der Waals surface area contributed by atoms with Crippen molar-refractivity contribution < 1.29 is 14.7 Å². The lowest BCUT2D eigenvalue weighted by atomic mass is 9.96. The molecule has 1 aliphatic heterocycles. The van der Waals surface area contributed by atoms with Crippen molar-refractivity contribution in [2.45, 2.75) is 6.04 Å². The fourth-order valence-corrected chi connectivity index (χ4v) is 2.76. The number of aliphatic hydroxyl groups is 1. The van der Waals surface area contributed by atoms with E-state index in [4.69, 9.17) is 5.26 Å². The number of likely N-dealkylation sites (tertiary alicyclic amines) is 1. The van der Waals surface area contributed by atoms with Crippen LogP contribution in [0.15, 0.2) is 60.4 Å². The topological polar surface area (TPSA) is 94.3 Å². The molecule has 6 heteroatoms. The highest BCUT2D eigenvalue weighted by molar-refractivity contribution is 6.46. The van der Waals surface area contributed by atoms with Crippen LogP contribution in [0.3, 0.4) is 0 Å². The molecule has 2 heterocycles. The minimum atomic E-state index is -0.835. The van der Waals surface area contributed by atoms with Crippen LogP contribution in [-0.4, -0.2) is 33.2 Å². The summed E-state index contributed by atoms with van der Waals surface area (Å²) in [4.78, 5) is 29.9. The highest BCUT2D eigenvalue weighted by atomic mass is 16.3. The number of amides is 1. The third-order valence-corrected chi connectivity index (χ3v) is 3.83. The lowest BCUT2D eigenvalue weighted by Gasteiger charge is -2.22. The zero-order chi connectivity index (χ0) is 17.1. The summed E-state index contributed by atoms with van der Waals surface area (Å²) in [6, 6.07) is 12.9. The van der Waals surface area contributed by atoms with Crippen molar-refractivity contribution in [3.63, 3.8) is 0 Å². The highest BCUT2D eigenvalue weighted by Gasteiger charge is 2.46. The predicted octanol–water partition coefficient (Wildman–Crippen LogP) is 2.03. The summed E-state index contributed by atoms with van der Waals surface area (Å²) in [5, 5.41) is 19.6. The van der Waals surface area contributed by atoms with Crippen molar-refractivity contribution in [1.82, 2.24) is 9.88 Å². The van der Waals surface area contributed by atoms with Crippen LogP contribution >= 0.6 is 0 Å². The van der Waals surface area contributed by atoms with Crippen LogP contribution in [0.2, 0.25) is 0 Å². The lowest BCUT2D eigenvalue weighted by molar-refractivity contribution is -0.139. The van der Waals surface area contributed by atoms with Crippen LogP contribution in [-0.2, 0) is 9.59 Å². The van der Waals surface area contributed by atoms with Crippen LogP contribution in [0.4, 0.5) is 0 Å². The van der Waals surface area contributed by atoms with Gasteiger partial charge in [-0.1, -0.05) is 36.4 Å². The first-order valence-electron chi connectivity index (χ1n) is 7.26. The normalized spacial score (nSPS) is 19.3. The molecule has 0 saturated carbocycles. The van der Waals surface area contributed by atoms with Gasteiger partial charge in [0.05, 0.1) is 17.7 Å². The van der Waals surface area contributed by atoms with Gasteiger partial charge in [0, 0.05) is 18.0 Å². The number of nitrogens with zero attached hydrogens (tertiary/aromatic N) is 3. The summed E-state index contributed by atoms with van der Waals surface area (Å²) in [7, 11) is 0. The van der Waals surface area contributed by atoms with Crippen LogP contribution in [0, 0.1) is 11.3 Å². The molecule has 0 radical (unpaired) electrons. The largest absolute Gasteiger partial charge is 0.507 e. The van der Waals surface area contributed by atoms with Gasteiger partial charge >= 0.3 is 0 Å². The number of aromatic nitrogens is 1. The average molecular weight is 319 g/mol. The number of benzene rings is 1. The molecule has 1 amide bonds. The summed E-state index contributed by atoms with van der Waals surface area (Å²) >= 11 is 0. The van der Waals surface area contributed by atoms with E-state index in [1.54, 1.807) is 48.7 Å². The molecule has 1 aromatic heterocycles. The molecule has 1 aliphatic rings. The van der Waals surface area contributed by atoms with E-state index >= 15 is 0 Å². The Morgan fingerprint density at radius 2 is 1.96 bits per heavy atom. The average Bonchev–Trinajstić information content (AvgIpc) is 2.88. The van der Waals surface area contributed by atoms with Crippen LogP contribution in [0.1, 0.15) is 17.2 Å². The van der Waals surface area contributed by atoms with E-state index in [9.17, 15) is 14.7 Å². The van der Waals surface area contributed by atoms with Crippen molar-refractivity contribution >= 4 is 17.4 Å². The van der Waals surface area contributed by atoms with Gasteiger partial charge in [-0.15, -0.1) is 0 Å². The Hall–Kier alpha value is -3.46. The maximum absolute atomic E-state index is 12.5. The van der Waals surface area contributed by atoms with Crippen LogP contribution in [0.5, 0.6) is 0 Å². The van der Waals surface area contributed by atoms with Crippen molar-refractivity contribution in [2.24, 2.45) is 0 Å². The third kappa shape index (κ3) is 2.52. The molecule has 0 bridgehead atoms. The fourth-order valence-electron chi connectivity index (χ4n) is 2.76. The molecule has 0 aliphatic carbocycles. The minimum Gasteiger partial charge on any atom is -0.507 e. The number of pyridine rings is 1. The van der Waals surface area contributed by atoms with Gasteiger partial charge in [-0.3, -0.25) is 14.6 Å². The van der Waals surface area contributed by atoms with Crippen molar-refractivity contribution in [2.75, 3.05) is 6.54 Å². The summed E-state index contributed by atoms with van der Waals surface area (Å²) in [5.74, 6) is -1.87. The van der Waals surface area contributed by atoms with Gasteiger partial charge in [-0.2, -0.15) is 5.26 Å². The number of aliphatic hydroxyl groups excluding tert-OH is 1. The van der Waals surface area contributed by atoms with E-state index in [1.165, 1.54) is 6.20 Å². The number of ketones is 1. The molecule has 1 fully saturated rings. The summed E-state index contributed by atoms with van der Waals surface area (Å²) in [5.41, 5.74) is 0.959. The van der Waals surface area contributed by atoms with E-state index in [1.807, 2.05) is 6.07 Å². The summed E-state index contributed by atoms with van der Waals surface area (Å²) < 4.78 is 0. The maximum atomic E-state index is 12.5. The molecule has 2 aromatic rings. The summed E-state index contributed by atoms with van der Waals surface area (Å²) in [6.45, 7) is -0.254. The Bertz CT molecular complexity index is 854. The zero-order valence-corrected chi connectivity index (χ0v) is 12.6. The quantitative estimate of drug-likeness (QED) is 0.404. The molecule has 1 atom stereocenters. The van der Waals surface area contributed by atoms with Gasteiger partial charge in [0.15, 0.2) is 0 Å². The van der Waals surface area contributed by atoms with Crippen molar-refractivity contribution in [3.8, 4) is 6.07 Å². The molecule has 6 nitrogen and oxygen atoms in total. The molecular weight excluding hydrogens is 306 g/mol. The molecule has 3 rings (SSSR count). The van der Waals surface area contributed by atoms with Gasteiger partial charge in [0.2, 0.25) is 0 Å². The Morgan fingerprint density at radius 3 is 2.58 bits per heavy atom. The van der Waals surface area contributed by atoms with Crippen molar-refractivity contribution in [1.29, 1.82) is 5.26 Å². The van der Waals surface area contributed by atoms with Crippen LogP contribution in [0.25, 0.3) is 5.76 Å². The number of hydrogen-bond acceptors (Lipinski definition) is 5. The first-order chi connectivity index (χ1) is 11.6. The van der Waals surface area contributed by atoms with E-state index in [0.717, 1.165) is 4.90 Å². The molecule has 118 valence electrons. The lowest BCUT2D eigenvalue weighted by Crippen LogP contribution is -2.30. The maximum Gasteiger partial charge on any atom is 0.296 e. The first-order valence-corrected chi connectivity index (χ1v) is 7.26.